The van der Waals surface area contributed by atoms with E-state index in [0.29, 0.717) is 27.5 Å². The van der Waals surface area contributed by atoms with E-state index in [-0.39, 0.29) is 18.7 Å². The second kappa shape index (κ2) is 11.4. The molecule has 0 radical (unpaired) electrons. The molecule has 33 heavy (non-hydrogen) atoms. The van der Waals surface area contributed by atoms with E-state index in [0.717, 1.165) is 18.4 Å². The van der Waals surface area contributed by atoms with Crippen molar-refractivity contribution in [2.75, 3.05) is 23.7 Å². The van der Waals surface area contributed by atoms with Crippen molar-refractivity contribution in [3.8, 4) is 0 Å². The van der Waals surface area contributed by atoms with Crippen LogP contribution in [0.2, 0.25) is 5.02 Å². The first-order valence-corrected chi connectivity index (χ1v) is 12.5. The number of hydrogen-bond donors (Lipinski definition) is 1. The molecule has 1 atom stereocenters. The van der Waals surface area contributed by atoms with Crippen LogP contribution in [0.1, 0.15) is 25.8 Å². The molecule has 2 aromatic carbocycles. The molecule has 0 aliphatic rings. The minimum atomic E-state index is -4.05. The Bertz CT molecular complexity index is 1110. The Labute approximate surface area is 197 Å². The first-order chi connectivity index (χ1) is 15.5. The van der Waals surface area contributed by atoms with E-state index in [2.05, 4.69) is 5.32 Å². The van der Waals surface area contributed by atoms with E-state index in [4.69, 9.17) is 11.6 Å². The second-order valence-electron chi connectivity index (χ2n) is 7.30. The number of benzene rings is 2. The number of carbonyl (C=O) groups excluding carboxylic acids is 2. The highest BCUT2D eigenvalue weighted by Crippen LogP contribution is 2.23. The van der Waals surface area contributed by atoms with Gasteiger partial charge in [0.1, 0.15) is 12.6 Å². The fraction of sp³-hybridized carbons (Fsp3) is 0.364. The number of anilines is 1. The third-order valence-corrected chi connectivity index (χ3v) is 6.42. The van der Waals surface area contributed by atoms with E-state index in [1.54, 1.807) is 38.1 Å². The predicted molar refractivity (Wildman–Crippen MR) is 123 cm³/mol. The first-order valence-electron chi connectivity index (χ1n) is 10.2. The Morgan fingerprint density at radius 2 is 1.76 bits per heavy atom. The molecule has 0 spiro atoms. The summed E-state index contributed by atoms with van der Waals surface area (Å²) in [6, 6.07) is 8.40. The summed E-state index contributed by atoms with van der Waals surface area (Å²) < 4.78 is 52.6. The van der Waals surface area contributed by atoms with Gasteiger partial charge >= 0.3 is 0 Å². The molecule has 0 aromatic heterocycles. The molecule has 1 N–H and O–H groups in total. The van der Waals surface area contributed by atoms with Gasteiger partial charge in [-0.15, -0.1) is 0 Å². The molecule has 0 saturated carbocycles. The summed E-state index contributed by atoms with van der Waals surface area (Å²) in [5.74, 6) is -3.52. The molecule has 2 aromatic rings. The van der Waals surface area contributed by atoms with Crippen LogP contribution in [0, 0.1) is 11.6 Å². The van der Waals surface area contributed by atoms with Gasteiger partial charge in [0.2, 0.25) is 21.8 Å². The summed E-state index contributed by atoms with van der Waals surface area (Å²) in [6.07, 6.45) is 1.10. The van der Waals surface area contributed by atoms with E-state index in [9.17, 15) is 26.8 Å². The topological polar surface area (TPSA) is 86.8 Å². The highest BCUT2D eigenvalue weighted by molar-refractivity contribution is 7.92. The zero-order chi connectivity index (χ0) is 24.8. The van der Waals surface area contributed by atoms with Gasteiger partial charge in [-0.25, -0.2) is 17.2 Å². The Hall–Kier alpha value is -2.72. The van der Waals surface area contributed by atoms with Crippen molar-refractivity contribution in [3.63, 3.8) is 0 Å². The Kier molecular flexibility index (Phi) is 9.18. The maximum atomic E-state index is 13.8. The van der Waals surface area contributed by atoms with Gasteiger partial charge in [0.15, 0.2) is 11.6 Å². The molecule has 0 bridgehead atoms. The van der Waals surface area contributed by atoms with Crippen LogP contribution < -0.4 is 9.62 Å². The largest absolute Gasteiger partial charge is 0.355 e. The monoisotopic (exact) mass is 501 g/mol. The summed E-state index contributed by atoms with van der Waals surface area (Å²) in [7, 11) is -4.05. The van der Waals surface area contributed by atoms with Crippen molar-refractivity contribution >= 4 is 39.1 Å². The number of likely N-dealkylation sites (N-methyl/N-ethyl adjacent to an activating group) is 1. The van der Waals surface area contributed by atoms with E-state index in [1.807, 2.05) is 0 Å². The predicted octanol–water partition coefficient (Wildman–Crippen LogP) is 3.33. The smallest absolute Gasteiger partial charge is 0.244 e. The Morgan fingerprint density at radius 1 is 1.09 bits per heavy atom. The average Bonchev–Trinajstić information content (AvgIpc) is 2.74. The SMILES string of the molecule is CCNC(=O)[C@H](CC)N(Cc1ccccc1Cl)C(=O)CN(c1ccc(F)c(F)c1)S(C)(=O)=O. The molecule has 2 amide bonds. The van der Waals surface area contributed by atoms with E-state index in [1.165, 1.54) is 4.90 Å². The van der Waals surface area contributed by atoms with Crippen LogP contribution in [-0.4, -0.2) is 50.5 Å². The fourth-order valence-electron chi connectivity index (χ4n) is 3.28. The van der Waals surface area contributed by atoms with Crippen LogP contribution >= 0.6 is 11.6 Å². The zero-order valence-electron chi connectivity index (χ0n) is 18.5. The van der Waals surface area contributed by atoms with E-state index >= 15 is 0 Å². The second-order valence-corrected chi connectivity index (χ2v) is 9.61. The van der Waals surface area contributed by atoms with Crippen molar-refractivity contribution in [1.82, 2.24) is 10.2 Å². The molecule has 2 rings (SSSR count). The van der Waals surface area contributed by atoms with Crippen LogP contribution in [0.5, 0.6) is 0 Å². The first kappa shape index (κ1) is 26.5. The lowest BCUT2D eigenvalue weighted by molar-refractivity contribution is -0.140. The molecule has 0 unspecified atom stereocenters. The maximum Gasteiger partial charge on any atom is 0.244 e. The Balaban J connectivity index is 2.47. The molecule has 0 aliphatic carbocycles. The molecule has 0 saturated heterocycles. The van der Waals surface area contributed by atoms with Gasteiger partial charge in [0.25, 0.3) is 0 Å². The van der Waals surface area contributed by atoms with Crippen LogP contribution in [-0.2, 0) is 26.2 Å². The van der Waals surface area contributed by atoms with Gasteiger partial charge in [-0.05, 0) is 37.1 Å². The third kappa shape index (κ3) is 6.88. The number of hydrogen-bond acceptors (Lipinski definition) is 4. The number of sulfonamides is 1. The number of rotatable bonds is 10. The highest BCUT2D eigenvalue weighted by Gasteiger charge is 2.32. The molecule has 0 heterocycles. The van der Waals surface area contributed by atoms with Crippen molar-refractivity contribution in [2.45, 2.75) is 32.9 Å². The van der Waals surface area contributed by atoms with Crippen LogP contribution in [0.3, 0.4) is 0 Å². The van der Waals surface area contributed by atoms with Gasteiger partial charge in [0.05, 0.1) is 11.9 Å². The van der Waals surface area contributed by atoms with Gasteiger partial charge in [0, 0.05) is 24.2 Å². The quantitative estimate of drug-likeness (QED) is 0.541. The molecular formula is C22H26ClF2N3O4S. The van der Waals surface area contributed by atoms with Gasteiger partial charge < -0.3 is 10.2 Å². The number of carbonyl (C=O) groups is 2. The third-order valence-electron chi connectivity index (χ3n) is 4.91. The van der Waals surface area contributed by atoms with Crippen molar-refractivity contribution in [3.05, 3.63) is 64.7 Å². The molecule has 180 valence electrons. The summed E-state index contributed by atoms with van der Waals surface area (Å²) in [5, 5.41) is 3.05. The van der Waals surface area contributed by atoms with Crippen LogP contribution in [0.4, 0.5) is 14.5 Å². The maximum absolute atomic E-state index is 13.8. The normalized spacial score (nSPS) is 12.2. The average molecular weight is 502 g/mol. The van der Waals surface area contributed by atoms with Crippen LogP contribution in [0.15, 0.2) is 42.5 Å². The molecule has 11 heteroatoms. The molecule has 7 nitrogen and oxygen atoms in total. The number of nitrogens with zero attached hydrogens (tertiary/aromatic N) is 2. The van der Waals surface area contributed by atoms with Gasteiger partial charge in [-0.1, -0.05) is 36.7 Å². The number of halogens is 3. The standard InChI is InChI=1S/C22H26ClF2N3O4S/c1-4-20(22(30)26-5-2)27(13-15-8-6-7-9-17(15)23)21(29)14-28(33(3,31)32)16-10-11-18(24)19(25)12-16/h6-12,20H,4-5,13-14H2,1-3H3,(H,26,30)/t20-/m0/s1. The number of amides is 2. The summed E-state index contributed by atoms with van der Waals surface area (Å²) in [6.45, 7) is 3.03. The van der Waals surface area contributed by atoms with Crippen LogP contribution in [0.25, 0.3) is 0 Å². The van der Waals surface area contributed by atoms with Gasteiger partial charge in [-0.3, -0.25) is 13.9 Å². The molecule has 0 aliphatic heterocycles. The van der Waals surface area contributed by atoms with E-state index < -0.39 is 46.1 Å². The van der Waals surface area contributed by atoms with Crippen molar-refractivity contribution in [1.29, 1.82) is 0 Å². The minimum Gasteiger partial charge on any atom is -0.355 e. The fourth-order valence-corrected chi connectivity index (χ4v) is 4.31. The minimum absolute atomic E-state index is 0.0521. The molecular weight excluding hydrogens is 476 g/mol. The number of nitrogens with one attached hydrogen (secondary N) is 1. The lowest BCUT2D eigenvalue weighted by Crippen LogP contribution is -2.52. The van der Waals surface area contributed by atoms with Crippen molar-refractivity contribution in [2.24, 2.45) is 0 Å². The summed E-state index contributed by atoms with van der Waals surface area (Å²) >= 11 is 6.25. The highest BCUT2D eigenvalue weighted by atomic mass is 35.5. The van der Waals surface area contributed by atoms with Gasteiger partial charge in [-0.2, -0.15) is 0 Å². The Morgan fingerprint density at radius 3 is 2.30 bits per heavy atom. The summed E-state index contributed by atoms with van der Waals surface area (Å²) in [4.78, 5) is 27.3. The zero-order valence-corrected chi connectivity index (χ0v) is 20.1. The lowest BCUT2D eigenvalue weighted by Gasteiger charge is -2.33. The summed E-state index contributed by atoms with van der Waals surface area (Å²) in [5.41, 5.74) is 0.350. The lowest BCUT2D eigenvalue weighted by atomic mass is 10.1. The molecule has 0 fully saturated rings. The van der Waals surface area contributed by atoms with Crippen molar-refractivity contribution < 1.29 is 26.8 Å².